The first-order valence-corrected chi connectivity index (χ1v) is 10.0. The number of hydrogen-bond acceptors (Lipinski definition) is 4. The van der Waals surface area contributed by atoms with Crippen LogP contribution in [0.4, 0.5) is 4.39 Å². The number of rotatable bonds is 11. The zero-order valence-electron chi connectivity index (χ0n) is 17.7. The van der Waals surface area contributed by atoms with E-state index in [2.05, 4.69) is 5.32 Å². The topological polar surface area (TPSA) is 67.9 Å². The maximum absolute atomic E-state index is 13.8. The fourth-order valence-corrected chi connectivity index (χ4v) is 2.87. The number of amides is 2. The van der Waals surface area contributed by atoms with Crippen molar-refractivity contribution >= 4 is 11.8 Å². The standard InChI is InChI=1S/C23H29FN2O4/c1-4-5-13-25-23(28)17(2)26(15-18-9-8-10-19(14-18)29-3)22(27)16-30-21-12-7-6-11-20(21)24/h6-12,14,17H,4-5,13,15-16H2,1-3H3,(H,25,28)/t17-/m1/s1. The Morgan fingerprint density at radius 1 is 1.17 bits per heavy atom. The fraction of sp³-hybridized carbons (Fsp3) is 0.391. The highest BCUT2D eigenvalue weighted by atomic mass is 19.1. The third-order valence-corrected chi connectivity index (χ3v) is 4.67. The van der Waals surface area contributed by atoms with Gasteiger partial charge in [0, 0.05) is 13.1 Å². The Hall–Kier alpha value is -3.09. The van der Waals surface area contributed by atoms with Crippen molar-refractivity contribution in [1.82, 2.24) is 10.2 Å². The molecule has 0 saturated heterocycles. The molecule has 0 aliphatic heterocycles. The summed E-state index contributed by atoms with van der Waals surface area (Å²) in [7, 11) is 1.56. The summed E-state index contributed by atoms with van der Waals surface area (Å²) in [5.41, 5.74) is 0.807. The molecule has 6 nitrogen and oxygen atoms in total. The third kappa shape index (κ3) is 6.76. The molecule has 2 aromatic rings. The molecule has 2 rings (SSSR count). The summed E-state index contributed by atoms with van der Waals surface area (Å²) in [6, 6.07) is 12.4. The Morgan fingerprint density at radius 2 is 1.93 bits per heavy atom. The van der Waals surface area contributed by atoms with E-state index in [4.69, 9.17) is 9.47 Å². The van der Waals surface area contributed by atoms with Crippen molar-refractivity contribution in [3.63, 3.8) is 0 Å². The van der Waals surface area contributed by atoms with E-state index in [9.17, 15) is 14.0 Å². The zero-order valence-corrected chi connectivity index (χ0v) is 17.7. The number of para-hydroxylation sites is 1. The molecule has 30 heavy (non-hydrogen) atoms. The van der Waals surface area contributed by atoms with Crippen LogP contribution in [0.15, 0.2) is 48.5 Å². The SMILES string of the molecule is CCCCNC(=O)[C@@H](C)N(Cc1cccc(OC)c1)C(=O)COc1ccccc1F. The van der Waals surface area contributed by atoms with Crippen molar-refractivity contribution in [3.8, 4) is 11.5 Å². The molecule has 2 aromatic carbocycles. The van der Waals surface area contributed by atoms with Crippen molar-refractivity contribution in [3.05, 3.63) is 59.9 Å². The number of halogens is 1. The number of benzene rings is 2. The van der Waals surface area contributed by atoms with E-state index in [1.807, 2.05) is 19.1 Å². The summed E-state index contributed by atoms with van der Waals surface area (Å²) in [5.74, 6) is -0.561. The first-order chi connectivity index (χ1) is 14.5. The lowest BCUT2D eigenvalue weighted by atomic mass is 10.1. The molecule has 0 saturated carbocycles. The van der Waals surface area contributed by atoms with Gasteiger partial charge in [0.15, 0.2) is 18.2 Å². The van der Waals surface area contributed by atoms with Crippen LogP contribution in [0, 0.1) is 5.82 Å². The molecule has 0 aromatic heterocycles. The van der Waals surface area contributed by atoms with Crippen molar-refractivity contribution in [2.75, 3.05) is 20.3 Å². The predicted molar refractivity (Wildman–Crippen MR) is 113 cm³/mol. The van der Waals surface area contributed by atoms with Crippen molar-refractivity contribution < 1.29 is 23.5 Å². The second-order valence-electron chi connectivity index (χ2n) is 6.91. The summed E-state index contributed by atoms with van der Waals surface area (Å²) in [6.07, 6.45) is 1.82. The maximum Gasteiger partial charge on any atom is 0.261 e. The van der Waals surface area contributed by atoms with Crippen LogP contribution in [0.3, 0.4) is 0 Å². The third-order valence-electron chi connectivity index (χ3n) is 4.67. The molecule has 0 fully saturated rings. The van der Waals surface area contributed by atoms with Crippen LogP contribution in [0.1, 0.15) is 32.3 Å². The summed E-state index contributed by atoms with van der Waals surface area (Å²) < 4.78 is 24.4. The van der Waals surface area contributed by atoms with E-state index in [-0.39, 0.29) is 24.8 Å². The van der Waals surface area contributed by atoms with Gasteiger partial charge < -0.3 is 19.7 Å². The van der Waals surface area contributed by atoms with Crippen molar-refractivity contribution in [2.24, 2.45) is 0 Å². The average molecular weight is 416 g/mol. The van der Waals surface area contributed by atoms with Gasteiger partial charge in [0.25, 0.3) is 5.91 Å². The van der Waals surface area contributed by atoms with Crippen LogP contribution < -0.4 is 14.8 Å². The Morgan fingerprint density at radius 3 is 2.63 bits per heavy atom. The largest absolute Gasteiger partial charge is 0.497 e. The molecule has 0 heterocycles. The lowest BCUT2D eigenvalue weighted by Crippen LogP contribution is -2.49. The van der Waals surface area contributed by atoms with Gasteiger partial charge in [-0.1, -0.05) is 37.6 Å². The Bertz CT molecular complexity index is 843. The van der Waals surface area contributed by atoms with E-state index in [0.29, 0.717) is 12.3 Å². The van der Waals surface area contributed by atoms with E-state index in [1.54, 1.807) is 38.3 Å². The Balaban J connectivity index is 2.15. The summed E-state index contributed by atoms with van der Waals surface area (Å²) >= 11 is 0. The Labute approximate surface area is 177 Å². The normalized spacial score (nSPS) is 11.5. The van der Waals surface area contributed by atoms with Gasteiger partial charge in [-0.3, -0.25) is 9.59 Å². The fourth-order valence-electron chi connectivity index (χ4n) is 2.87. The van der Waals surface area contributed by atoms with E-state index < -0.39 is 17.8 Å². The number of unbranched alkanes of at least 4 members (excludes halogenated alkanes) is 1. The second kappa shape index (κ2) is 11.8. The number of nitrogens with zero attached hydrogens (tertiary/aromatic N) is 1. The number of ether oxygens (including phenoxy) is 2. The summed E-state index contributed by atoms with van der Waals surface area (Å²) in [5, 5.41) is 2.85. The molecule has 0 spiro atoms. The molecule has 2 amide bonds. The first kappa shape index (κ1) is 23.2. The minimum atomic E-state index is -0.718. The smallest absolute Gasteiger partial charge is 0.261 e. The molecule has 0 radical (unpaired) electrons. The van der Waals surface area contributed by atoms with Gasteiger partial charge in [0.1, 0.15) is 11.8 Å². The van der Waals surface area contributed by atoms with E-state index in [0.717, 1.165) is 18.4 Å². The Kier molecular flexibility index (Phi) is 9.12. The quantitative estimate of drug-likeness (QED) is 0.569. The van der Waals surface area contributed by atoms with Crippen molar-refractivity contribution in [2.45, 2.75) is 39.3 Å². The van der Waals surface area contributed by atoms with Crippen LogP contribution in [-0.2, 0) is 16.1 Å². The molecule has 0 bridgehead atoms. The minimum absolute atomic E-state index is 0.00719. The molecule has 0 aliphatic carbocycles. The van der Waals surface area contributed by atoms with E-state index in [1.165, 1.54) is 17.0 Å². The monoisotopic (exact) mass is 416 g/mol. The van der Waals surface area contributed by atoms with Crippen LogP contribution >= 0.6 is 0 Å². The molecular weight excluding hydrogens is 387 g/mol. The highest BCUT2D eigenvalue weighted by Crippen LogP contribution is 2.18. The van der Waals surface area contributed by atoms with Crippen LogP contribution in [-0.4, -0.2) is 43.0 Å². The maximum atomic E-state index is 13.8. The van der Waals surface area contributed by atoms with Gasteiger partial charge in [0.05, 0.1) is 7.11 Å². The molecule has 1 atom stereocenters. The zero-order chi connectivity index (χ0) is 21.9. The van der Waals surface area contributed by atoms with Gasteiger partial charge in [-0.05, 0) is 43.2 Å². The van der Waals surface area contributed by atoms with Gasteiger partial charge in [-0.15, -0.1) is 0 Å². The van der Waals surface area contributed by atoms with Crippen LogP contribution in [0.5, 0.6) is 11.5 Å². The van der Waals surface area contributed by atoms with Gasteiger partial charge in [-0.25, -0.2) is 4.39 Å². The summed E-state index contributed by atoms with van der Waals surface area (Å²) in [6.45, 7) is 4.07. The molecule has 0 aliphatic rings. The first-order valence-electron chi connectivity index (χ1n) is 10.0. The molecule has 1 N–H and O–H groups in total. The number of hydrogen-bond donors (Lipinski definition) is 1. The number of carbonyl (C=O) groups is 2. The second-order valence-corrected chi connectivity index (χ2v) is 6.91. The number of methoxy groups -OCH3 is 1. The number of nitrogens with one attached hydrogen (secondary N) is 1. The van der Waals surface area contributed by atoms with Crippen LogP contribution in [0.2, 0.25) is 0 Å². The van der Waals surface area contributed by atoms with Crippen molar-refractivity contribution in [1.29, 1.82) is 0 Å². The minimum Gasteiger partial charge on any atom is -0.497 e. The molecule has 0 unspecified atom stereocenters. The lowest BCUT2D eigenvalue weighted by Gasteiger charge is -2.29. The average Bonchev–Trinajstić information content (AvgIpc) is 2.76. The highest BCUT2D eigenvalue weighted by Gasteiger charge is 2.26. The van der Waals surface area contributed by atoms with Gasteiger partial charge in [0.2, 0.25) is 5.91 Å². The number of carbonyl (C=O) groups excluding carboxylic acids is 2. The van der Waals surface area contributed by atoms with Gasteiger partial charge in [-0.2, -0.15) is 0 Å². The van der Waals surface area contributed by atoms with Gasteiger partial charge >= 0.3 is 0 Å². The lowest BCUT2D eigenvalue weighted by molar-refractivity contribution is -0.142. The predicted octanol–water partition coefficient (Wildman–Crippen LogP) is 3.55. The van der Waals surface area contributed by atoms with E-state index >= 15 is 0 Å². The summed E-state index contributed by atoms with van der Waals surface area (Å²) in [4.78, 5) is 26.9. The molecular formula is C23H29FN2O4. The van der Waals surface area contributed by atoms with Crippen LogP contribution in [0.25, 0.3) is 0 Å². The highest BCUT2D eigenvalue weighted by molar-refractivity contribution is 5.87. The molecule has 162 valence electrons. The molecule has 7 heteroatoms.